The van der Waals surface area contributed by atoms with Crippen LogP contribution in [-0.4, -0.2) is 55.6 Å². The maximum atomic E-state index is 11.9. The Kier molecular flexibility index (Phi) is 6.95. The number of rotatable bonds is 6. The minimum absolute atomic E-state index is 0.0315. The predicted octanol–water partition coefficient (Wildman–Crippen LogP) is 0.113. The summed E-state index contributed by atoms with van der Waals surface area (Å²) in [6.07, 6.45) is 1.69. The summed E-state index contributed by atoms with van der Waals surface area (Å²) in [5, 5.41) is 2.99. The monoisotopic (exact) mass is 285 g/mol. The molecule has 1 aliphatic rings. The molecule has 1 aliphatic heterocycles. The lowest BCUT2D eigenvalue weighted by molar-refractivity contribution is -0.135. The van der Waals surface area contributed by atoms with Crippen molar-refractivity contribution in [1.29, 1.82) is 0 Å². The first-order chi connectivity index (χ1) is 9.47. The summed E-state index contributed by atoms with van der Waals surface area (Å²) in [6, 6.07) is 0.147. The van der Waals surface area contributed by atoms with Gasteiger partial charge in [-0.3, -0.25) is 9.59 Å². The highest BCUT2D eigenvalue weighted by Gasteiger charge is 2.25. The first-order valence-electron chi connectivity index (χ1n) is 7.29. The lowest BCUT2D eigenvalue weighted by Gasteiger charge is -2.33. The number of carbonyl (C=O) groups excluding carboxylic acids is 2. The largest absolute Gasteiger partial charge is 0.380 e. The first kappa shape index (κ1) is 16.9. The minimum atomic E-state index is -0.224. The second kappa shape index (κ2) is 8.21. The van der Waals surface area contributed by atoms with Gasteiger partial charge in [0.05, 0.1) is 12.5 Å². The molecule has 116 valence electrons. The molecule has 1 fully saturated rings. The molecule has 20 heavy (non-hydrogen) atoms. The number of nitrogens with two attached hydrogens (primary N) is 1. The number of carbonyl (C=O) groups is 2. The van der Waals surface area contributed by atoms with Crippen LogP contribution in [0.2, 0.25) is 0 Å². The normalized spacial score (nSPS) is 18.1. The average molecular weight is 285 g/mol. The smallest absolute Gasteiger partial charge is 0.225 e. The summed E-state index contributed by atoms with van der Waals surface area (Å²) in [4.78, 5) is 25.6. The van der Waals surface area contributed by atoms with Crippen LogP contribution in [0, 0.1) is 5.92 Å². The van der Waals surface area contributed by atoms with Crippen LogP contribution in [0.1, 0.15) is 33.1 Å². The van der Waals surface area contributed by atoms with E-state index in [9.17, 15) is 9.59 Å². The van der Waals surface area contributed by atoms with Gasteiger partial charge in [-0.15, -0.1) is 0 Å². The molecule has 6 nitrogen and oxygen atoms in total. The maximum absolute atomic E-state index is 11.9. The van der Waals surface area contributed by atoms with E-state index in [1.54, 1.807) is 7.11 Å². The van der Waals surface area contributed by atoms with Crippen LogP contribution in [0.15, 0.2) is 0 Å². The van der Waals surface area contributed by atoms with Crippen molar-refractivity contribution in [3.8, 4) is 0 Å². The maximum Gasteiger partial charge on any atom is 0.225 e. The number of piperidine rings is 1. The van der Waals surface area contributed by atoms with Gasteiger partial charge in [0.1, 0.15) is 0 Å². The number of amides is 2. The van der Waals surface area contributed by atoms with Gasteiger partial charge in [-0.05, 0) is 12.8 Å². The van der Waals surface area contributed by atoms with Gasteiger partial charge in [-0.2, -0.15) is 0 Å². The van der Waals surface area contributed by atoms with E-state index in [4.69, 9.17) is 10.5 Å². The quantitative estimate of drug-likeness (QED) is 0.725. The molecule has 1 saturated heterocycles. The molecule has 1 atom stereocenters. The molecule has 0 aromatic heterocycles. The standard InChI is InChI=1S/C14H27N3O3/c1-10(2)14(19)17-6-4-11(5-7-17)16-13(18)8-12(9-15)20-3/h10-12H,4-9,15H2,1-3H3,(H,16,18). The Morgan fingerprint density at radius 3 is 2.40 bits per heavy atom. The van der Waals surface area contributed by atoms with E-state index in [0.29, 0.717) is 19.6 Å². The van der Waals surface area contributed by atoms with Crippen molar-refractivity contribution < 1.29 is 14.3 Å². The summed E-state index contributed by atoms with van der Waals surface area (Å²) >= 11 is 0. The minimum Gasteiger partial charge on any atom is -0.380 e. The molecule has 1 heterocycles. The molecule has 1 rings (SSSR count). The molecule has 0 spiro atoms. The Hall–Kier alpha value is -1.14. The molecule has 2 amide bonds. The van der Waals surface area contributed by atoms with E-state index in [0.717, 1.165) is 12.8 Å². The molecule has 0 aromatic carbocycles. The number of nitrogens with zero attached hydrogens (tertiary/aromatic N) is 1. The van der Waals surface area contributed by atoms with Crippen LogP contribution >= 0.6 is 0 Å². The topological polar surface area (TPSA) is 84.7 Å². The van der Waals surface area contributed by atoms with E-state index < -0.39 is 0 Å². The number of hydrogen-bond donors (Lipinski definition) is 2. The van der Waals surface area contributed by atoms with E-state index in [1.807, 2.05) is 18.7 Å². The van der Waals surface area contributed by atoms with Crippen LogP contribution in [0.4, 0.5) is 0 Å². The predicted molar refractivity (Wildman–Crippen MR) is 77.1 cm³/mol. The fraction of sp³-hybridized carbons (Fsp3) is 0.857. The molecule has 0 aromatic rings. The second-order valence-electron chi connectivity index (χ2n) is 5.62. The third-order valence-corrected chi connectivity index (χ3v) is 3.67. The molecular formula is C14H27N3O3. The number of methoxy groups -OCH3 is 1. The number of nitrogens with one attached hydrogen (secondary N) is 1. The fourth-order valence-corrected chi connectivity index (χ4v) is 2.37. The van der Waals surface area contributed by atoms with Crippen molar-refractivity contribution in [3.63, 3.8) is 0 Å². The SMILES string of the molecule is COC(CN)CC(=O)NC1CCN(C(=O)C(C)C)CC1. The van der Waals surface area contributed by atoms with Crippen molar-refractivity contribution in [2.45, 2.75) is 45.3 Å². The summed E-state index contributed by atoms with van der Waals surface area (Å²) < 4.78 is 5.10. The van der Waals surface area contributed by atoms with Gasteiger partial charge in [-0.1, -0.05) is 13.8 Å². The van der Waals surface area contributed by atoms with Crippen molar-refractivity contribution in [2.75, 3.05) is 26.7 Å². The van der Waals surface area contributed by atoms with E-state index in [-0.39, 0.29) is 36.3 Å². The molecular weight excluding hydrogens is 258 g/mol. The molecule has 0 aliphatic carbocycles. The molecule has 0 radical (unpaired) electrons. The van der Waals surface area contributed by atoms with Crippen molar-refractivity contribution in [3.05, 3.63) is 0 Å². The third kappa shape index (κ3) is 5.09. The second-order valence-corrected chi connectivity index (χ2v) is 5.62. The lowest BCUT2D eigenvalue weighted by atomic mass is 10.0. The van der Waals surface area contributed by atoms with E-state index in [1.165, 1.54) is 0 Å². The van der Waals surface area contributed by atoms with Crippen LogP contribution < -0.4 is 11.1 Å². The molecule has 1 unspecified atom stereocenters. The first-order valence-corrected chi connectivity index (χ1v) is 7.29. The van der Waals surface area contributed by atoms with Gasteiger partial charge in [0.15, 0.2) is 0 Å². The zero-order valence-electron chi connectivity index (χ0n) is 12.7. The van der Waals surface area contributed by atoms with Crippen molar-refractivity contribution in [2.24, 2.45) is 11.7 Å². The summed E-state index contributed by atoms with van der Waals surface area (Å²) in [5.74, 6) is 0.196. The van der Waals surface area contributed by atoms with Gasteiger partial charge >= 0.3 is 0 Å². The van der Waals surface area contributed by atoms with Gasteiger partial charge in [0, 0.05) is 38.7 Å². The number of hydrogen-bond acceptors (Lipinski definition) is 4. The summed E-state index contributed by atoms with van der Waals surface area (Å²) in [6.45, 7) is 5.59. The molecule has 6 heteroatoms. The Balaban J connectivity index is 2.32. The summed E-state index contributed by atoms with van der Waals surface area (Å²) in [5.41, 5.74) is 5.50. The van der Waals surface area contributed by atoms with Crippen LogP contribution in [0.25, 0.3) is 0 Å². The third-order valence-electron chi connectivity index (χ3n) is 3.67. The van der Waals surface area contributed by atoms with Crippen molar-refractivity contribution in [1.82, 2.24) is 10.2 Å². The van der Waals surface area contributed by atoms with Crippen LogP contribution in [0.3, 0.4) is 0 Å². The zero-order valence-corrected chi connectivity index (χ0v) is 12.7. The van der Waals surface area contributed by atoms with E-state index in [2.05, 4.69) is 5.32 Å². The number of likely N-dealkylation sites (tertiary alicyclic amines) is 1. The molecule has 0 saturated carbocycles. The van der Waals surface area contributed by atoms with E-state index >= 15 is 0 Å². The Morgan fingerprint density at radius 2 is 1.95 bits per heavy atom. The average Bonchev–Trinajstić information content (AvgIpc) is 2.44. The van der Waals surface area contributed by atoms with Gasteiger partial charge < -0.3 is 20.7 Å². The highest BCUT2D eigenvalue weighted by molar-refractivity contribution is 5.78. The Labute approximate surface area is 121 Å². The van der Waals surface area contributed by atoms with Gasteiger partial charge in [-0.25, -0.2) is 0 Å². The number of ether oxygens (including phenoxy) is 1. The molecule has 3 N–H and O–H groups in total. The lowest BCUT2D eigenvalue weighted by Crippen LogP contribution is -2.48. The Bertz CT molecular complexity index is 322. The fourth-order valence-electron chi connectivity index (χ4n) is 2.37. The highest BCUT2D eigenvalue weighted by Crippen LogP contribution is 2.13. The van der Waals surface area contributed by atoms with Crippen molar-refractivity contribution >= 4 is 11.8 Å². The Morgan fingerprint density at radius 1 is 1.35 bits per heavy atom. The van der Waals surface area contributed by atoms with Crippen LogP contribution in [0.5, 0.6) is 0 Å². The van der Waals surface area contributed by atoms with Crippen LogP contribution in [-0.2, 0) is 14.3 Å². The zero-order chi connectivity index (χ0) is 15.1. The highest BCUT2D eigenvalue weighted by atomic mass is 16.5. The molecule has 0 bridgehead atoms. The summed E-state index contributed by atoms with van der Waals surface area (Å²) in [7, 11) is 1.56. The van der Waals surface area contributed by atoms with Gasteiger partial charge in [0.2, 0.25) is 11.8 Å². The van der Waals surface area contributed by atoms with Gasteiger partial charge in [0.25, 0.3) is 0 Å².